The Balaban J connectivity index is 1.56. The van der Waals surface area contributed by atoms with Crippen LogP contribution in [-0.4, -0.2) is 34.9 Å². The minimum absolute atomic E-state index is 0.0111. The largest absolute Gasteiger partial charge is 0.480 e. The third-order valence-corrected chi connectivity index (χ3v) is 6.42. The van der Waals surface area contributed by atoms with Gasteiger partial charge in [-0.2, -0.15) is 0 Å². The van der Waals surface area contributed by atoms with E-state index in [0.717, 1.165) is 0 Å². The van der Waals surface area contributed by atoms with Crippen LogP contribution in [-0.2, 0) is 10.0 Å². The summed E-state index contributed by atoms with van der Waals surface area (Å²) in [5.74, 6) is 0.107. The number of sulfonamides is 1. The zero-order valence-electron chi connectivity index (χ0n) is 17.3. The van der Waals surface area contributed by atoms with E-state index in [-0.39, 0.29) is 22.0 Å². The Kier molecular flexibility index (Phi) is 4.98. The molecule has 0 bridgehead atoms. The van der Waals surface area contributed by atoms with Crippen molar-refractivity contribution < 1.29 is 13.2 Å². The van der Waals surface area contributed by atoms with E-state index in [4.69, 9.17) is 4.74 Å². The zero-order valence-corrected chi connectivity index (χ0v) is 18.2. The molecule has 0 saturated carbocycles. The van der Waals surface area contributed by atoms with E-state index in [2.05, 4.69) is 19.7 Å². The first-order valence-corrected chi connectivity index (χ1v) is 11.3. The average Bonchev–Trinajstić information content (AvgIpc) is 2.83. The molecule has 164 valence electrons. The molecule has 0 unspecified atom stereocenters. The van der Waals surface area contributed by atoms with Gasteiger partial charge in [0.25, 0.3) is 15.6 Å². The zero-order chi connectivity index (χ0) is 23.0. The summed E-state index contributed by atoms with van der Waals surface area (Å²) in [5, 5.41) is 0.703. The normalized spacial score (nSPS) is 11.5. The van der Waals surface area contributed by atoms with Crippen LogP contribution in [0.3, 0.4) is 0 Å². The third-order valence-electron chi connectivity index (χ3n) is 5.09. The molecule has 0 fully saturated rings. The molecule has 5 rings (SSSR count). The highest BCUT2D eigenvalue weighted by molar-refractivity contribution is 7.92. The van der Waals surface area contributed by atoms with Gasteiger partial charge in [-0.15, -0.1) is 0 Å². The summed E-state index contributed by atoms with van der Waals surface area (Å²) in [6, 6.07) is 15.2. The lowest BCUT2D eigenvalue weighted by molar-refractivity contribution is 0.400. The van der Waals surface area contributed by atoms with Crippen molar-refractivity contribution in [3.63, 3.8) is 0 Å². The number of methoxy groups -OCH3 is 1. The summed E-state index contributed by atoms with van der Waals surface area (Å²) in [7, 11) is -2.57. The quantitative estimate of drug-likeness (QED) is 0.429. The van der Waals surface area contributed by atoms with Crippen molar-refractivity contribution in [3.05, 3.63) is 89.7 Å². The minimum Gasteiger partial charge on any atom is -0.480 e. The second kappa shape index (κ2) is 7.99. The molecule has 0 amide bonds. The minimum atomic E-state index is -3.98. The highest BCUT2D eigenvalue weighted by atomic mass is 32.2. The number of hydrogen-bond donors (Lipinski definition) is 1. The molecule has 0 aliphatic carbocycles. The molecule has 5 aromatic rings. The van der Waals surface area contributed by atoms with Gasteiger partial charge in [-0.3, -0.25) is 18.9 Å². The van der Waals surface area contributed by atoms with Gasteiger partial charge in [-0.1, -0.05) is 18.2 Å². The Morgan fingerprint density at radius 2 is 1.79 bits per heavy atom. The highest BCUT2D eigenvalue weighted by Gasteiger charge is 2.19. The lowest BCUT2D eigenvalue weighted by Gasteiger charge is -2.13. The fraction of sp³-hybridized carbons (Fsp3) is 0.0435. The third kappa shape index (κ3) is 3.87. The first-order chi connectivity index (χ1) is 15.9. The predicted molar refractivity (Wildman–Crippen MR) is 124 cm³/mol. The van der Waals surface area contributed by atoms with Crippen LogP contribution in [0.4, 0.5) is 5.69 Å². The molecule has 33 heavy (non-hydrogen) atoms. The Morgan fingerprint density at radius 1 is 0.939 bits per heavy atom. The van der Waals surface area contributed by atoms with Crippen molar-refractivity contribution in [1.82, 2.24) is 19.4 Å². The van der Waals surface area contributed by atoms with Crippen molar-refractivity contribution in [2.75, 3.05) is 11.8 Å². The molecule has 0 saturated heterocycles. The van der Waals surface area contributed by atoms with Crippen LogP contribution in [0.1, 0.15) is 0 Å². The summed E-state index contributed by atoms with van der Waals surface area (Å²) in [6.45, 7) is 0. The number of nitrogens with zero attached hydrogens (tertiary/aromatic N) is 4. The molecular weight excluding hydrogens is 442 g/mol. The van der Waals surface area contributed by atoms with Gasteiger partial charge in [0, 0.05) is 47.4 Å². The van der Waals surface area contributed by atoms with Crippen LogP contribution in [0.5, 0.6) is 5.88 Å². The predicted octanol–water partition coefficient (Wildman–Crippen LogP) is 3.11. The van der Waals surface area contributed by atoms with Crippen LogP contribution in [0.2, 0.25) is 0 Å². The van der Waals surface area contributed by atoms with Gasteiger partial charge in [0.2, 0.25) is 5.88 Å². The summed E-state index contributed by atoms with van der Waals surface area (Å²) < 4.78 is 35.4. The number of rotatable bonds is 5. The van der Waals surface area contributed by atoms with Crippen LogP contribution in [0.25, 0.3) is 27.7 Å². The van der Waals surface area contributed by atoms with E-state index in [1.807, 2.05) is 12.1 Å². The number of nitrogens with one attached hydrogen (secondary N) is 1. The van der Waals surface area contributed by atoms with Crippen LogP contribution < -0.4 is 15.0 Å². The Labute approximate surface area is 188 Å². The lowest BCUT2D eigenvalue weighted by atomic mass is 10.1. The van der Waals surface area contributed by atoms with Gasteiger partial charge in [-0.25, -0.2) is 18.4 Å². The summed E-state index contributed by atoms with van der Waals surface area (Å²) in [4.78, 5) is 24.8. The SMILES string of the molecule is COc1ncc(-c2ccc3nccc(=O)n3c2)cc1NS(=O)(=O)c1cnc2ccccc2c1. The second-order valence-corrected chi connectivity index (χ2v) is 8.86. The molecule has 4 aromatic heterocycles. The van der Waals surface area contributed by atoms with Gasteiger partial charge in [0.05, 0.1) is 12.6 Å². The smallest absolute Gasteiger partial charge is 0.263 e. The maximum atomic E-state index is 13.1. The topological polar surface area (TPSA) is 116 Å². The average molecular weight is 459 g/mol. The van der Waals surface area contributed by atoms with E-state index in [0.29, 0.717) is 27.7 Å². The van der Waals surface area contributed by atoms with E-state index in [1.54, 1.807) is 42.6 Å². The van der Waals surface area contributed by atoms with Crippen molar-refractivity contribution in [2.24, 2.45) is 0 Å². The summed E-state index contributed by atoms with van der Waals surface area (Å²) in [6.07, 6.45) is 5.91. The number of pyridine rings is 3. The number of para-hydroxylation sites is 1. The second-order valence-electron chi connectivity index (χ2n) is 7.18. The van der Waals surface area contributed by atoms with Crippen molar-refractivity contribution in [3.8, 4) is 17.0 Å². The Morgan fingerprint density at radius 3 is 2.64 bits per heavy atom. The van der Waals surface area contributed by atoms with Crippen LogP contribution in [0.15, 0.2) is 89.1 Å². The number of ether oxygens (including phenoxy) is 1. The molecular formula is C23H17N5O4S. The molecule has 0 spiro atoms. The molecule has 0 radical (unpaired) electrons. The van der Waals surface area contributed by atoms with Crippen LogP contribution >= 0.6 is 0 Å². The van der Waals surface area contributed by atoms with Gasteiger partial charge >= 0.3 is 0 Å². The van der Waals surface area contributed by atoms with Crippen molar-refractivity contribution >= 4 is 32.3 Å². The summed E-state index contributed by atoms with van der Waals surface area (Å²) >= 11 is 0. The number of hydrogen-bond acceptors (Lipinski definition) is 7. The molecule has 0 aliphatic rings. The standard InChI is InChI=1S/C23H17N5O4S/c1-32-23-20(27-33(30,31)18-10-15-4-2-3-5-19(15)25-13-18)11-17(12-26-23)16-6-7-21-24-9-8-22(29)28(21)14-16/h2-14,27H,1H3. The maximum absolute atomic E-state index is 13.1. The monoisotopic (exact) mass is 459 g/mol. The summed E-state index contributed by atoms with van der Waals surface area (Å²) in [5.41, 5.74) is 2.36. The highest BCUT2D eigenvalue weighted by Crippen LogP contribution is 2.30. The van der Waals surface area contributed by atoms with E-state index >= 15 is 0 Å². The van der Waals surface area contributed by atoms with Gasteiger partial charge in [0.1, 0.15) is 16.2 Å². The Hall–Kier alpha value is -4.31. The Bertz CT molecular complexity index is 1680. The molecule has 0 aliphatic heterocycles. The number of fused-ring (bicyclic) bond motifs is 2. The van der Waals surface area contributed by atoms with Gasteiger partial charge in [0.15, 0.2) is 0 Å². The number of benzene rings is 1. The van der Waals surface area contributed by atoms with E-state index in [9.17, 15) is 13.2 Å². The molecule has 10 heteroatoms. The number of aromatic nitrogens is 4. The fourth-order valence-electron chi connectivity index (χ4n) is 3.45. The maximum Gasteiger partial charge on any atom is 0.263 e. The first-order valence-electron chi connectivity index (χ1n) is 9.84. The number of anilines is 1. The molecule has 1 aromatic carbocycles. The molecule has 9 nitrogen and oxygen atoms in total. The lowest BCUT2D eigenvalue weighted by Crippen LogP contribution is -2.14. The first kappa shape index (κ1) is 20.6. The molecule has 0 atom stereocenters. The fourth-order valence-corrected chi connectivity index (χ4v) is 4.48. The van der Waals surface area contributed by atoms with Gasteiger partial charge in [-0.05, 0) is 30.3 Å². The van der Waals surface area contributed by atoms with E-state index < -0.39 is 10.0 Å². The molecule has 4 heterocycles. The molecule has 1 N–H and O–H groups in total. The van der Waals surface area contributed by atoms with Crippen molar-refractivity contribution in [1.29, 1.82) is 0 Å². The van der Waals surface area contributed by atoms with Crippen molar-refractivity contribution in [2.45, 2.75) is 4.90 Å². The van der Waals surface area contributed by atoms with Gasteiger partial charge < -0.3 is 4.74 Å². The van der Waals surface area contributed by atoms with Crippen LogP contribution in [0, 0.1) is 0 Å². The van der Waals surface area contributed by atoms with E-state index in [1.165, 1.54) is 36.2 Å².